The summed E-state index contributed by atoms with van der Waals surface area (Å²) in [5.41, 5.74) is 1.82. The quantitative estimate of drug-likeness (QED) is 0.843. The monoisotopic (exact) mass is 366 g/mol. The minimum Gasteiger partial charge on any atom is -0.357 e. The standard InChI is InChI=1S/C20H22N4OS/c25-18(20(9-10-20)17-7-2-1-3-8-17)23-12-5-13-24(23)19(26)22-15-16-6-4-11-21-14-16/h1-4,6-8,11,14H,5,9-10,12-13,15H2,(H,22,26). The van der Waals surface area contributed by atoms with E-state index in [9.17, 15) is 4.79 Å². The van der Waals surface area contributed by atoms with Crippen LogP contribution >= 0.6 is 12.2 Å². The molecule has 1 amide bonds. The lowest BCUT2D eigenvalue weighted by Crippen LogP contribution is -2.51. The van der Waals surface area contributed by atoms with Gasteiger partial charge in [0.1, 0.15) is 0 Å². The first kappa shape index (κ1) is 17.0. The summed E-state index contributed by atoms with van der Waals surface area (Å²) in [6.45, 7) is 2.10. The first-order valence-corrected chi connectivity index (χ1v) is 9.43. The van der Waals surface area contributed by atoms with Crippen LogP contribution in [-0.4, -0.2) is 39.1 Å². The van der Waals surface area contributed by atoms with Crippen molar-refractivity contribution in [1.29, 1.82) is 0 Å². The molecule has 2 heterocycles. The van der Waals surface area contributed by atoms with E-state index in [2.05, 4.69) is 22.4 Å². The number of nitrogens with one attached hydrogen (secondary N) is 1. The van der Waals surface area contributed by atoms with Crippen LogP contribution in [0.1, 0.15) is 30.4 Å². The Kier molecular flexibility index (Phi) is 4.59. The van der Waals surface area contributed by atoms with Gasteiger partial charge in [0.2, 0.25) is 0 Å². The minimum absolute atomic E-state index is 0.173. The maximum Gasteiger partial charge on any atom is 0.251 e. The van der Waals surface area contributed by atoms with Crippen molar-refractivity contribution in [2.45, 2.75) is 31.2 Å². The van der Waals surface area contributed by atoms with Crippen LogP contribution in [0.25, 0.3) is 0 Å². The van der Waals surface area contributed by atoms with Gasteiger partial charge in [-0.25, -0.2) is 0 Å². The maximum absolute atomic E-state index is 13.3. The average molecular weight is 366 g/mol. The highest BCUT2D eigenvalue weighted by atomic mass is 32.1. The van der Waals surface area contributed by atoms with Crippen molar-refractivity contribution in [3.05, 3.63) is 66.0 Å². The molecule has 1 aliphatic heterocycles. The van der Waals surface area contributed by atoms with E-state index < -0.39 is 0 Å². The lowest BCUT2D eigenvalue weighted by Gasteiger charge is -2.33. The van der Waals surface area contributed by atoms with Crippen LogP contribution in [0.4, 0.5) is 0 Å². The third-order valence-electron chi connectivity index (χ3n) is 5.15. The Morgan fingerprint density at radius 3 is 2.58 bits per heavy atom. The smallest absolute Gasteiger partial charge is 0.251 e. The molecule has 6 heteroatoms. The van der Waals surface area contributed by atoms with Crippen LogP contribution < -0.4 is 5.32 Å². The molecule has 0 spiro atoms. The maximum atomic E-state index is 13.3. The molecule has 0 atom stereocenters. The van der Waals surface area contributed by atoms with Gasteiger partial charge in [-0.15, -0.1) is 0 Å². The predicted octanol–water partition coefficient (Wildman–Crippen LogP) is 2.64. The number of aromatic nitrogens is 1. The van der Waals surface area contributed by atoms with Gasteiger partial charge in [-0.1, -0.05) is 36.4 Å². The summed E-state index contributed by atoms with van der Waals surface area (Å²) in [5, 5.41) is 7.63. The number of carbonyl (C=O) groups is 1. The zero-order chi connectivity index (χ0) is 18.0. The first-order valence-electron chi connectivity index (χ1n) is 9.02. The lowest BCUT2D eigenvalue weighted by molar-refractivity contribution is -0.141. The SMILES string of the molecule is O=C(N1CCCN1C(=S)NCc1cccnc1)C1(c2ccccc2)CC1. The van der Waals surface area contributed by atoms with E-state index in [1.807, 2.05) is 46.5 Å². The number of pyridine rings is 1. The highest BCUT2D eigenvalue weighted by Crippen LogP contribution is 2.50. The summed E-state index contributed by atoms with van der Waals surface area (Å²) in [6.07, 6.45) is 6.33. The molecule has 1 saturated carbocycles. The number of nitrogens with zero attached hydrogens (tertiary/aromatic N) is 3. The van der Waals surface area contributed by atoms with Crippen LogP contribution in [0, 0.1) is 0 Å². The van der Waals surface area contributed by atoms with E-state index in [-0.39, 0.29) is 11.3 Å². The van der Waals surface area contributed by atoms with Gasteiger partial charge in [-0.2, -0.15) is 0 Å². The molecule has 1 N–H and O–H groups in total. The zero-order valence-corrected chi connectivity index (χ0v) is 15.4. The van der Waals surface area contributed by atoms with Gasteiger partial charge in [0.25, 0.3) is 5.91 Å². The fraction of sp³-hybridized carbons (Fsp3) is 0.350. The normalized spacial score (nSPS) is 17.8. The van der Waals surface area contributed by atoms with E-state index in [0.29, 0.717) is 11.7 Å². The Bertz CT molecular complexity index is 792. The molecule has 0 radical (unpaired) electrons. The number of hydrazine groups is 1. The van der Waals surface area contributed by atoms with Crippen molar-refractivity contribution in [2.24, 2.45) is 0 Å². The van der Waals surface area contributed by atoms with Gasteiger partial charge in [-0.05, 0) is 48.7 Å². The predicted molar refractivity (Wildman–Crippen MR) is 104 cm³/mol. The summed E-state index contributed by atoms with van der Waals surface area (Å²) in [6, 6.07) is 14.0. The molecule has 4 rings (SSSR count). The second-order valence-corrected chi connectivity index (χ2v) is 7.26. The summed E-state index contributed by atoms with van der Waals surface area (Å²) in [4.78, 5) is 17.4. The Morgan fingerprint density at radius 2 is 1.88 bits per heavy atom. The Morgan fingerprint density at radius 1 is 1.12 bits per heavy atom. The van der Waals surface area contributed by atoms with E-state index >= 15 is 0 Å². The third kappa shape index (κ3) is 3.17. The number of hydrogen-bond donors (Lipinski definition) is 1. The second-order valence-electron chi connectivity index (χ2n) is 6.87. The number of amides is 1. The molecule has 5 nitrogen and oxygen atoms in total. The van der Waals surface area contributed by atoms with E-state index in [1.54, 1.807) is 6.20 Å². The second kappa shape index (κ2) is 7.03. The Hall–Kier alpha value is -2.47. The number of hydrogen-bond acceptors (Lipinski definition) is 3. The molecule has 134 valence electrons. The van der Waals surface area contributed by atoms with Gasteiger partial charge < -0.3 is 5.32 Å². The molecule has 0 unspecified atom stereocenters. The molecule has 1 saturated heterocycles. The van der Waals surface area contributed by atoms with E-state index in [4.69, 9.17) is 12.2 Å². The fourth-order valence-corrected chi connectivity index (χ4v) is 3.82. The lowest BCUT2D eigenvalue weighted by atomic mass is 9.95. The Balaban J connectivity index is 1.45. The van der Waals surface area contributed by atoms with Crippen LogP contribution in [-0.2, 0) is 16.8 Å². The third-order valence-corrected chi connectivity index (χ3v) is 5.51. The summed E-state index contributed by atoms with van der Waals surface area (Å²) >= 11 is 5.57. The van der Waals surface area contributed by atoms with Crippen molar-refractivity contribution in [3.8, 4) is 0 Å². The van der Waals surface area contributed by atoms with Crippen molar-refractivity contribution >= 4 is 23.2 Å². The van der Waals surface area contributed by atoms with Gasteiger partial charge in [0.15, 0.2) is 5.11 Å². The van der Waals surface area contributed by atoms with Gasteiger partial charge >= 0.3 is 0 Å². The number of rotatable bonds is 4. The molecule has 2 aliphatic rings. The number of thiocarbonyl (C=S) groups is 1. The molecule has 2 aromatic rings. The van der Waals surface area contributed by atoms with Gasteiger partial charge in [0.05, 0.1) is 5.41 Å². The Labute approximate surface area is 159 Å². The first-order chi connectivity index (χ1) is 12.7. The van der Waals surface area contributed by atoms with Crippen LogP contribution in [0.5, 0.6) is 0 Å². The fourth-order valence-electron chi connectivity index (χ4n) is 3.56. The number of benzene rings is 1. The van der Waals surface area contributed by atoms with Crippen molar-refractivity contribution in [3.63, 3.8) is 0 Å². The topological polar surface area (TPSA) is 48.5 Å². The van der Waals surface area contributed by atoms with Crippen LogP contribution in [0.15, 0.2) is 54.9 Å². The largest absolute Gasteiger partial charge is 0.357 e. The molecule has 2 fully saturated rings. The molecule has 1 aromatic carbocycles. The summed E-state index contributed by atoms with van der Waals surface area (Å²) in [7, 11) is 0. The average Bonchev–Trinajstić information content (AvgIpc) is 3.37. The summed E-state index contributed by atoms with van der Waals surface area (Å²) < 4.78 is 0. The van der Waals surface area contributed by atoms with Crippen LogP contribution in [0.3, 0.4) is 0 Å². The van der Waals surface area contributed by atoms with Crippen molar-refractivity contribution in [1.82, 2.24) is 20.3 Å². The van der Waals surface area contributed by atoms with E-state index in [1.165, 1.54) is 0 Å². The highest BCUT2D eigenvalue weighted by molar-refractivity contribution is 7.80. The molecule has 0 bridgehead atoms. The van der Waals surface area contributed by atoms with E-state index in [0.717, 1.165) is 43.5 Å². The summed E-state index contributed by atoms with van der Waals surface area (Å²) in [5.74, 6) is 0.173. The number of carbonyl (C=O) groups excluding carboxylic acids is 1. The zero-order valence-electron chi connectivity index (χ0n) is 14.6. The van der Waals surface area contributed by atoms with Gasteiger partial charge in [0, 0.05) is 32.0 Å². The highest BCUT2D eigenvalue weighted by Gasteiger charge is 2.54. The van der Waals surface area contributed by atoms with Crippen molar-refractivity contribution in [2.75, 3.05) is 13.1 Å². The molecular weight excluding hydrogens is 344 g/mol. The molecule has 26 heavy (non-hydrogen) atoms. The van der Waals surface area contributed by atoms with Crippen LogP contribution in [0.2, 0.25) is 0 Å². The minimum atomic E-state index is -0.358. The molecular formula is C20H22N4OS. The van der Waals surface area contributed by atoms with Crippen molar-refractivity contribution < 1.29 is 4.79 Å². The molecule has 1 aliphatic carbocycles. The molecule has 1 aromatic heterocycles. The van der Waals surface area contributed by atoms with Gasteiger partial charge in [-0.3, -0.25) is 19.8 Å².